The number of nitrogens with two attached hydrogens (primary N) is 1. The fourth-order valence-electron chi connectivity index (χ4n) is 2.18. The van der Waals surface area contributed by atoms with Crippen LogP contribution in [0.25, 0.3) is 0 Å². The lowest BCUT2D eigenvalue weighted by Gasteiger charge is -2.30. The van der Waals surface area contributed by atoms with E-state index in [1.54, 1.807) is 6.07 Å². The van der Waals surface area contributed by atoms with E-state index in [4.69, 9.17) is 10.3 Å². The molecule has 1 saturated heterocycles. The van der Waals surface area contributed by atoms with Crippen LogP contribution in [-0.4, -0.2) is 42.1 Å². The van der Waals surface area contributed by atoms with Crippen LogP contribution in [0.1, 0.15) is 18.5 Å². The van der Waals surface area contributed by atoms with E-state index in [1.807, 2.05) is 6.92 Å². The molecule has 1 fully saturated rings. The van der Waals surface area contributed by atoms with Crippen molar-refractivity contribution in [3.05, 3.63) is 11.8 Å². The highest BCUT2D eigenvalue weighted by Gasteiger charge is 2.20. The summed E-state index contributed by atoms with van der Waals surface area (Å²) in [5.41, 5.74) is 6.40. The Morgan fingerprint density at radius 2 is 2.33 bits per heavy atom. The summed E-state index contributed by atoms with van der Waals surface area (Å²) < 4.78 is 4.94. The van der Waals surface area contributed by atoms with Crippen LogP contribution < -0.4 is 11.1 Å². The summed E-state index contributed by atoms with van der Waals surface area (Å²) in [6, 6.07) is 1.71. The normalized spacial score (nSPS) is 17.9. The maximum atomic E-state index is 11.8. The molecule has 6 heteroatoms. The molecule has 0 aliphatic carbocycles. The third-order valence-electron chi connectivity index (χ3n) is 3.30. The molecule has 0 aromatic carbocycles. The number of nitrogens with one attached hydrogen (secondary N) is 1. The number of amides is 1. The number of rotatable bonds is 4. The Labute approximate surface area is 106 Å². The van der Waals surface area contributed by atoms with Crippen LogP contribution in [0, 0.1) is 12.8 Å². The minimum atomic E-state index is -0.0580. The standard InChI is InChI=1S/C12H20N4O2/c1-9-6-12(18-15-9)14-11(17)8-16-4-2-10(7-13)3-5-16/h6,10H,2-5,7-8,13H2,1H3,(H,14,17). The van der Waals surface area contributed by atoms with Gasteiger partial charge in [0.1, 0.15) is 0 Å². The van der Waals surface area contributed by atoms with Crippen LogP contribution in [0.5, 0.6) is 0 Å². The van der Waals surface area contributed by atoms with Crippen molar-refractivity contribution >= 4 is 11.8 Å². The van der Waals surface area contributed by atoms with E-state index in [0.29, 0.717) is 18.3 Å². The molecule has 0 radical (unpaired) electrons. The van der Waals surface area contributed by atoms with Gasteiger partial charge in [0.25, 0.3) is 0 Å². The predicted molar refractivity (Wildman–Crippen MR) is 68.1 cm³/mol. The molecule has 1 aromatic rings. The predicted octanol–water partition coefficient (Wildman–Crippen LogP) is 0.592. The van der Waals surface area contributed by atoms with Crippen molar-refractivity contribution in [1.29, 1.82) is 0 Å². The second-order valence-electron chi connectivity index (χ2n) is 4.84. The van der Waals surface area contributed by atoms with E-state index in [9.17, 15) is 4.79 Å². The molecule has 3 N–H and O–H groups in total. The van der Waals surface area contributed by atoms with Crippen LogP contribution in [0.3, 0.4) is 0 Å². The number of carbonyl (C=O) groups excluding carboxylic acids is 1. The second-order valence-corrected chi connectivity index (χ2v) is 4.84. The smallest absolute Gasteiger partial charge is 0.240 e. The second kappa shape index (κ2) is 5.97. The molecular weight excluding hydrogens is 232 g/mol. The molecule has 100 valence electrons. The lowest BCUT2D eigenvalue weighted by atomic mass is 9.97. The molecule has 0 atom stereocenters. The van der Waals surface area contributed by atoms with Gasteiger partial charge in [0.15, 0.2) is 0 Å². The largest absolute Gasteiger partial charge is 0.338 e. The molecule has 1 aliphatic rings. The van der Waals surface area contributed by atoms with Crippen LogP contribution in [0.4, 0.5) is 5.88 Å². The first kappa shape index (κ1) is 13.0. The zero-order valence-electron chi connectivity index (χ0n) is 10.7. The van der Waals surface area contributed by atoms with Crippen LogP contribution >= 0.6 is 0 Å². The highest BCUT2D eigenvalue weighted by molar-refractivity contribution is 5.90. The number of anilines is 1. The van der Waals surface area contributed by atoms with Crippen LogP contribution in [-0.2, 0) is 4.79 Å². The molecule has 1 amide bonds. The Kier molecular flexibility index (Phi) is 4.33. The average Bonchev–Trinajstić information content (AvgIpc) is 2.75. The Bertz CT molecular complexity index is 397. The van der Waals surface area contributed by atoms with Crippen molar-refractivity contribution < 1.29 is 9.32 Å². The van der Waals surface area contributed by atoms with Crippen molar-refractivity contribution in [3.63, 3.8) is 0 Å². The van der Waals surface area contributed by atoms with Crippen molar-refractivity contribution in [1.82, 2.24) is 10.1 Å². The molecule has 1 aromatic heterocycles. The number of nitrogens with zero attached hydrogens (tertiary/aromatic N) is 2. The Hall–Kier alpha value is -1.40. The molecule has 0 saturated carbocycles. The Morgan fingerprint density at radius 3 is 2.89 bits per heavy atom. The molecule has 1 aliphatic heterocycles. The third kappa shape index (κ3) is 3.54. The van der Waals surface area contributed by atoms with Crippen LogP contribution in [0.15, 0.2) is 10.6 Å². The summed E-state index contributed by atoms with van der Waals surface area (Å²) in [6.45, 7) is 4.83. The zero-order chi connectivity index (χ0) is 13.0. The van der Waals surface area contributed by atoms with Gasteiger partial charge < -0.3 is 10.3 Å². The highest BCUT2D eigenvalue weighted by atomic mass is 16.5. The Morgan fingerprint density at radius 1 is 1.61 bits per heavy atom. The lowest BCUT2D eigenvalue weighted by Crippen LogP contribution is -2.40. The van der Waals surface area contributed by atoms with E-state index in [2.05, 4.69) is 15.4 Å². The van der Waals surface area contributed by atoms with E-state index in [1.165, 1.54) is 0 Å². The van der Waals surface area contributed by atoms with Gasteiger partial charge in [-0.1, -0.05) is 5.16 Å². The first-order chi connectivity index (χ1) is 8.67. The first-order valence-electron chi connectivity index (χ1n) is 6.33. The topological polar surface area (TPSA) is 84.4 Å². The van der Waals surface area contributed by atoms with Crippen molar-refractivity contribution in [2.75, 3.05) is 31.5 Å². The molecule has 6 nitrogen and oxygen atoms in total. The SMILES string of the molecule is Cc1cc(NC(=O)CN2CCC(CN)CC2)on1. The molecular formula is C12H20N4O2. The van der Waals surface area contributed by atoms with Crippen molar-refractivity contribution in [2.45, 2.75) is 19.8 Å². The summed E-state index contributed by atoms with van der Waals surface area (Å²) in [4.78, 5) is 13.9. The van der Waals surface area contributed by atoms with E-state index >= 15 is 0 Å². The monoisotopic (exact) mass is 252 g/mol. The Balaban J connectivity index is 1.75. The van der Waals surface area contributed by atoms with Gasteiger partial charge in [0.05, 0.1) is 12.2 Å². The van der Waals surface area contributed by atoms with Gasteiger partial charge >= 0.3 is 0 Å². The van der Waals surface area contributed by atoms with Gasteiger partial charge in [-0.15, -0.1) is 0 Å². The number of piperidine rings is 1. The van der Waals surface area contributed by atoms with Crippen LogP contribution in [0.2, 0.25) is 0 Å². The molecule has 2 heterocycles. The number of aromatic nitrogens is 1. The molecule has 0 spiro atoms. The van der Waals surface area contributed by atoms with Gasteiger partial charge in [0, 0.05) is 6.07 Å². The van der Waals surface area contributed by atoms with Crippen molar-refractivity contribution in [3.8, 4) is 0 Å². The zero-order valence-corrected chi connectivity index (χ0v) is 10.7. The minimum absolute atomic E-state index is 0.0580. The van der Waals surface area contributed by atoms with Gasteiger partial charge in [-0.2, -0.15) is 0 Å². The number of likely N-dealkylation sites (tertiary alicyclic amines) is 1. The van der Waals surface area contributed by atoms with E-state index in [0.717, 1.165) is 38.2 Å². The summed E-state index contributed by atoms with van der Waals surface area (Å²) in [7, 11) is 0. The number of hydrogen-bond acceptors (Lipinski definition) is 5. The van der Waals surface area contributed by atoms with Gasteiger partial charge in [-0.05, 0) is 45.3 Å². The fraction of sp³-hybridized carbons (Fsp3) is 0.667. The molecule has 0 unspecified atom stereocenters. The molecule has 18 heavy (non-hydrogen) atoms. The third-order valence-corrected chi connectivity index (χ3v) is 3.30. The number of hydrogen-bond donors (Lipinski definition) is 2. The molecule has 2 rings (SSSR count). The van der Waals surface area contributed by atoms with Gasteiger partial charge in [-0.3, -0.25) is 15.0 Å². The highest BCUT2D eigenvalue weighted by Crippen LogP contribution is 2.15. The molecule has 0 bridgehead atoms. The number of aryl methyl sites for hydroxylation is 1. The summed E-state index contributed by atoms with van der Waals surface area (Å²) in [6.07, 6.45) is 2.15. The maximum absolute atomic E-state index is 11.8. The number of carbonyl (C=O) groups is 1. The lowest BCUT2D eigenvalue weighted by molar-refractivity contribution is -0.117. The van der Waals surface area contributed by atoms with Gasteiger partial charge in [-0.25, -0.2) is 0 Å². The summed E-state index contributed by atoms with van der Waals surface area (Å²) in [5.74, 6) is 0.966. The maximum Gasteiger partial charge on any atom is 0.240 e. The minimum Gasteiger partial charge on any atom is -0.338 e. The average molecular weight is 252 g/mol. The first-order valence-corrected chi connectivity index (χ1v) is 6.33. The van der Waals surface area contributed by atoms with Gasteiger partial charge in [0.2, 0.25) is 11.8 Å². The fourth-order valence-corrected chi connectivity index (χ4v) is 2.18. The summed E-state index contributed by atoms with van der Waals surface area (Å²) >= 11 is 0. The van der Waals surface area contributed by atoms with E-state index < -0.39 is 0 Å². The summed E-state index contributed by atoms with van der Waals surface area (Å²) in [5, 5.41) is 6.42. The van der Waals surface area contributed by atoms with Crippen molar-refractivity contribution in [2.24, 2.45) is 11.7 Å². The quantitative estimate of drug-likeness (QED) is 0.819. The van der Waals surface area contributed by atoms with E-state index in [-0.39, 0.29) is 5.91 Å².